The maximum atomic E-state index is 12.7. The first kappa shape index (κ1) is 22.2. The van der Waals surface area contributed by atoms with Crippen LogP contribution >= 0.6 is 0 Å². The number of piperidine rings is 1. The standard InChI is InChI=1S/C18H28N2O.C3H6O2/c1-4-5-12-20-13-7-6-11-16(20)18(21)19-17-14(2)9-8-10-15(17)3;1-2-3(4)5/h8-10,16H,4-7,11-13H2,1-3H3,(H,19,21);2H2,1H3,(H,4,5)/t16-;/m0./s1. The number of hydrogen-bond acceptors (Lipinski definition) is 3. The zero-order valence-electron chi connectivity index (χ0n) is 16.7. The van der Waals surface area contributed by atoms with Gasteiger partial charge in [0.2, 0.25) is 5.91 Å². The molecule has 1 aromatic rings. The van der Waals surface area contributed by atoms with Crippen LogP contribution in [-0.2, 0) is 9.59 Å². The molecule has 0 unspecified atom stereocenters. The number of nitrogens with one attached hydrogen (secondary N) is 1. The van der Waals surface area contributed by atoms with Gasteiger partial charge in [-0.3, -0.25) is 14.5 Å². The first-order chi connectivity index (χ1) is 12.4. The molecule has 146 valence electrons. The highest BCUT2D eigenvalue weighted by Gasteiger charge is 2.28. The van der Waals surface area contributed by atoms with Gasteiger partial charge >= 0.3 is 5.97 Å². The molecule has 0 aromatic heterocycles. The lowest BCUT2D eigenvalue weighted by Crippen LogP contribution is -2.47. The van der Waals surface area contributed by atoms with E-state index in [-0.39, 0.29) is 18.4 Å². The molecule has 26 heavy (non-hydrogen) atoms. The second kappa shape index (κ2) is 11.7. The van der Waals surface area contributed by atoms with E-state index in [0.717, 1.165) is 42.7 Å². The van der Waals surface area contributed by atoms with E-state index in [9.17, 15) is 9.59 Å². The van der Waals surface area contributed by atoms with Crippen molar-refractivity contribution in [2.45, 2.75) is 72.3 Å². The lowest BCUT2D eigenvalue weighted by atomic mass is 10.00. The van der Waals surface area contributed by atoms with Crippen LogP contribution in [0.5, 0.6) is 0 Å². The summed E-state index contributed by atoms with van der Waals surface area (Å²) in [5.41, 5.74) is 3.27. The van der Waals surface area contributed by atoms with Crippen molar-refractivity contribution in [2.24, 2.45) is 0 Å². The number of carboxylic acid groups (broad SMARTS) is 1. The topological polar surface area (TPSA) is 69.6 Å². The van der Waals surface area contributed by atoms with Crippen LogP contribution in [0.4, 0.5) is 5.69 Å². The number of carboxylic acids is 1. The predicted molar refractivity (Wildman–Crippen MR) is 107 cm³/mol. The highest BCUT2D eigenvalue weighted by Crippen LogP contribution is 2.23. The van der Waals surface area contributed by atoms with Crippen LogP contribution in [0.25, 0.3) is 0 Å². The largest absolute Gasteiger partial charge is 0.481 e. The van der Waals surface area contributed by atoms with Gasteiger partial charge in [0, 0.05) is 12.1 Å². The highest BCUT2D eigenvalue weighted by atomic mass is 16.4. The summed E-state index contributed by atoms with van der Waals surface area (Å²) >= 11 is 0. The maximum absolute atomic E-state index is 12.7. The van der Waals surface area contributed by atoms with Gasteiger partial charge in [0.05, 0.1) is 6.04 Å². The van der Waals surface area contributed by atoms with Crippen LogP contribution in [-0.4, -0.2) is 41.0 Å². The molecule has 2 N–H and O–H groups in total. The molecule has 2 rings (SSSR count). The Morgan fingerprint density at radius 3 is 2.35 bits per heavy atom. The van der Waals surface area contributed by atoms with E-state index < -0.39 is 5.97 Å². The number of aryl methyl sites for hydroxylation is 2. The van der Waals surface area contributed by atoms with Gasteiger partial charge in [-0.15, -0.1) is 0 Å². The summed E-state index contributed by atoms with van der Waals surface area (Å²) < 4.78 is 0. The summed E-state index contributed by atoms with van der Waals surface area (Å²) in [6, 6.07) is 6.19. The molecule has 1 aliphatic heterocycles. The van der Waals surface area contributed by atoms with Crippen LogP contribution in [0.3, 0.4) is 0 Å². The van der Waals surface area contributed by atoms with Crippen LogP contribution in [0.15, 0.2) is 18.2 Å². The van der Waals surface area contributed by atoms with E-state index >= 15 is 0 Å². The third kappa shape index (κ3) is 7.16. The number of rotatable bonds is 6. The van der Waals surface area contributed by atoms with Crippen LogP contribution in [0.2, 0.25) is 0 Å². The van der Waals surface area contributed by atoms with Gasteiger partial charge in [0.15, 0.2) is 0 Å². The second-order valence-corrected chi connectivity index (χ2v) is 6.90. The summed E-state index contributed by atoms with van der Waals surface area (Å²) in [6.07, 6.45) is 5.94. The fourth-order valence-corrected chi connectivity index (χ4v) is 3.13. The van der Waals surface area contributed by atoms with Crippen LogP contribution in [0.1, 0.15) is 63.5 Å². The average Bonchev–Trinajstić information content (AvgIpc) is 2.63. The first-order valence-electron chi connectivity index (χ1n) is 9.73. The summed E-state index contributed by atoms with van der Waals surface area (Å²) in [7, 11) is 0. The average molecular weight is 363 g/mol. The second-order valence-electron chi connectivity index (χ2n) is 6.90. The van der Waals surface area contributed by atoms with Gasteiger partial charge in [0.25, 0.3) is 0 Å². The highest BCUT2D eigenvalue weighted by molar-refractivity contribution is 5.96. The lowest BCUT2D eigenvalue weighted by Gasteiger charge is -2.34. The van der Waals surface area contributed by atoms with Gasteiger partial charge in [0.1, 0.15) is 0 Å². The van der Waals surface area contributed by atoms with Gasteiger partial charge < -0.3 is 10.4 Å². The van der Waals surface area contributed by atoms with Crippen LogP contribution < -0.4 is 5.32 Å². The van der Waals surface area contributed by atoms with Crippen LogP contribution in [0, 0.1) is 13.8 Å². The fourth-order valence-electron chi connectivity index (χ4n) is 3.13. The molecule has 5 heteroatoms. The number of carbonyl (C=O) groups excluding carboxylic acids is 1. The van der Waals surface area contributed by atoms with Gasteiger partial charge in [-0.2, -0.15) is 0 Å². The fraction of sp³-hybridized carbons (Fsp3) is 0.619. The van der Waals surface area contributed by atoms with E-state index in [1.165, 1.54) is 19.3 Å². The molecule has 1 amide bonds. The number of unbranched alkanes of at least 4 members (excludes halogenated alkanes) is 1. The number of anilines is 1. The summed E-state index contributed by atoms with van der Waals surface area (Å²) in [4.78, 5) is 24.4. The van der Waals surface area contributed by atoms with Crippen molar-refractivity contribution in [3.63, 3.8) is 0 Å². The van der Waals surface area contributed by atoms with Crippen molar-refractivity contribution in [1.82, 2.24) is 4.90 Å². The molecule has 0 bridgehead atoms. The molecule has 1 aliphatic rings. The Labute approximate surface area is 157 Å². The van der Waals surface area contributed by atoms with E-state index in [1.807, 2.05) is 6.07 Å². The molecule has 1 heterocycles. The smallest absolute Gasteiger partial charge is 0.303 e. The SMILES string of the molecule is CCC(=O)O.CCCCN1CCCC[C@H]1C(=O)Nc1c(C)cccc1C. The zero-order chi connectivity index (χ0) is 19.5. The number of hydrogen-bond donors (Lipinski definition) is 2. The minimum Gasteiger partial charge on any atom is -0.481 e. The Balaban J connectivity index is 0.000000597. The maximum Gasteiger partial charge on any atom is 0.303 e. The molecule has 1 saturated heterocycles. The summed E-state index contributed by atoms with van der Waals surface area (Å²) in [6.45, 7) is 10.0. The zero-order valence-corrected chi connectivity index (χ0v) is 16.7. The molecule has 0 radical (unpaired) electrons. The number of nitrogens with zero attached hydrogens (tertiary/aromatic N) is 1. The minimum atomic E-state index is -0.745. The Morgan fingerprint density at radius 2 is 1.81 bits per heavy atom. The van der Waals surface area contributed by atoms with Gasteiger partial charge in [-0.1, -0.05) is 44.9 Å². The summed E-state index contributed by atoms with van der Waals surface area (Å²) in [5.74, 6) is -0.576. The predicted octanol–water partition coefficient (Wildman–Crippen LogP) is 4.38. The molecule has 1 fully saturated rings. The normalized spacial score (nSPS) is 17.2. The monoisotopic (exact) mass is 362 g/mol. The Bertz CT molecular complexity index is 566. The number of benzene rings is 1. The quantitative estimate of drug-likeness (QED) is 0.788. The molecule has 1 aromatic carbocycles. The van der Waals surface area contributed by atoms with E-state index in [1.54, 1.807) is 6.92 Å². The number of carbonyl (C=O) groups is 2. The molecule has 0 aliphatic carbocycles. The molecular formula is C21H34N2O3. The molecule has 0 spiro atoms. The van der Waals surface area contributed by atoms with E-state index in [0.29, 0.717) is 0 Å². The number of amides is 1. The third-order valence-electron chi connectivity index (χ3n) is 4.75. The van der Waals surface area contributed by atoms with E-state index in [4.69, 9.17) is 5.11 Å². The number of aliphatic carboxylic acids is 1. The molecular weight excluding hydrogens is 328 g/mol. The van der Waals surface area contributed by atoms with Crippen molar-refractivity contribution in [2.75, 3.05) is 18.4 Å². The Kier molecular flexibility index (Phi) is 9.96. The Morgan fingerprint density at radius 1 is 1.19 bits per heavy atom. The third-order valence-corrected chi connectivity index (χ3v) is 4.75. The van der Waals surface area contributed by atoms with Crippen molar-refractivity contribution in [3.05, 3.63) is 29.3 Å². The van der Waals surface area contributed by atoms with Crippen molar-refractivity contribution in [1.29, 1.82) is 0 Å². The van der Waals surface area contributed by atoms with Gasteiger partial charge in [-0.05, 0) is 57.3 Å². The molecule has 1 atom stereocenters. The molecule has 0 saturated carbocycles. The van der Waals surface area contributed by atoms with E-state index in [2.05, 4.69) is 43.1 Å². The van der Waals surface area contributed by atoms with Gasteiger partial charge in [-0.25, -0.2) is 0 Å². The Hall–Kier alpha value is -1.88. The molecule has 5 nitrogen and oxygen atoms in total. The van der Waals surface area contributed by atoms with Crippen molar-refractivity contribution in [3.8, 4) is 0 Å². The van der Waals surface area contributed by atoms with Crippen molar-refractivity contribution >= 4 is 17.6 Å². The number of para-hydroxylation sites is 1. The number of likely N-dealkylation sites (tertiary alicyclic amines) is 1. The first-order valence-corrected chi connectivity index (χ1v) is 9.73. The minimum absolute atomic E-state index is 0.0457. The van der Waals surface area contributed by atoms with Crippen molar-refractivity contribution < 1.29 is 14.7 Å². The lowest BCUT2D eigenvalue weighted by molar-refractivity contribution is -0.136. The summed E-state index contributed by atoms with van der Waals surface area (Å²) in [5, 5.41) is 10.9.